The largest absolute Gasteiger partial charge is 0.344 e. The molecule has 2 aromatic carbocycles. The van der Waals surface area contributed by atoms with E-state index in [1.54, 1.807) is 25.3 Å². The summed E-state index contributed by atoms with van der Waals surface area (Å²) in [7, 11) is 0. The number of benzene rings is 2. The number of carbonyl (C=O) groups excluding carboxylic acids is 2. The maximum Gasteiger partial charge on any atom is 0.255 e. The topological polar surface area (TPSA) is 143 Å². The average Bonchev–Trinajstić information content (AvgIpc) is 3.66. The molecular formula is C29H25ClFN9O2. The standard InChI is InChI=1S/C29H25ClFN9O2/c1-16-20(15-33-40(16)25-7-4-5-21(30)27(25)31)29(42)35-23-6-2-3-8-26(41)34-22-10-9-18(28-36-38-39-37-28)13-19(22)17-11-12-32-24(23)14-17/h4-5,7,9-15,23H,2-3,6,8H2,1H3,(H,34,41)(H,35,42)(H,36,37,38,39)/t23-/m0/s1. The van der Waals surface area contributed by atoms with E-state index in [1.807, 2.05) is 30.3 Å². The number of pyridine rings is 1. The number of nitrogens with one attached hydrogen (secondary N) is 3. The summed E-state index contributed by atoms with van der Waals surface area (Å²) in [6, 6.07) is 13.4. The van der Waals surface area contributed by atoms with Crippen LogP contribution in [0.2, 0.25) is 5.02 Å². The molecule has 1 atom stereocenters. The molecule has 0 saturated carbocycles. The van der Waals surface area contributed by atoms with Crippen LogP contribution >= 0.6 is 11.6 Å². The van der Waals surface area contributed by atoms with E-state index in [-0.39, 0.29) is 22.5 Å². The van der Waals surface area contributed by atoms with Gasteiger partial charge in [0, 0.05) is 29.4 Å². The van der Waals surface area contributed by atoms with E-state index in [0.29, 0.717) is 54.1 Å². The predicted molar refractivity (Wildman–Crippen MR) is 153 cm³/mol. The summed E-state index contributed by atoms with van der Waals surface area (Å²) in [5, 5.41) is 24.5. The molecule has 0 fully saturated rings. The SMILES string of the molecule is Cc1c(C(=O)N[C@H]2CCCCC(=O)Nc3ccc(-c4nn[nH]n4)cc3-c3ccnc2c3)cnn1-c1cccc(Cl)c1F. The molecule has 3 N–H and O–H groups in total. The number of aromatic nitrogens is 7. The van der Waals surface area contributed by atoms with E-state index in [2.05, 4.69) is 41.3 Å². The lowest BCUT2D eigenvalue weighted by Crippen LogP contribution is -2.29. The van der Waals surface area contributed by atoms with Crippen LogP contribution in [0.5, 0.6) is 0 Å². The molecule has 2 amide bonds. The molecule has 0 unspecified atom stereocenters. The quantitative estimate of drug-likeness (QED) is 0.263. The number of aromatic amines is 1. The van der Waals surface area contributed by atoms with Gasteiger partial charge >= 0.3 is 0 Å². The Hall–Kier alpha value is -4.97. The second-order valence-corrected chi connectivity index (χ2v) is 10.3. The summed E-state index contributed by atoms with van der Waals surface area (Å²) < 4.78 is 16.0. The number of rotatable bonds is 4. The second-order valence-electron chi connectivity index (χ2n) is 9.91. The van der Waals surface area contributed by atoms with Crippen LogP contribution < -0.4 is 10.6 Å². The Labute approximate surface area is 244 Å². The van der Waals surface area contributed by atoms with Crippen molar-refractivity contribution in [1.82, 2.24) is 40.7 Å². The van der Waals surface area contributed by atoms with Crippen LogP contribution in [0.4, 0.5) is 10.1 Å². The number of tetrazole rings is 1. The highest BCUT2D eigenvalue weighted by atomic mass is 35.5. The van der Waals surface area contributed by atoms with E-state index >= 15 is 0 Å². The second kappa shape index (κ2) is 11.5. The van der Waals surface area contributed by atoms with Crippen molar-refractivity contribution < 1.29 is 14.0 Å². The lowest BCUT2D eigenvalue weighted by atomic mass is 9.97. The van der Waals surface area contributed by atoms with Gasteiger partial charge < -0.3 is 10.6 Å². The third-order valence-corrected chi connectivity index (χ3v) is 7.50. The van der Waals surface area contributed by atoms with Gasteiger partial charge in [-0.1, -0.05) is 24.1 Å². The Morgan fingerprint density at radius 1 is 1.14 bits per heavy atom. The van der Waals surface area contributed by atoms with E-state index in [9.17, 15) is 14.0 Å². The predicted octanol–water partition coefficient (Wildman–Crippen LogP) is 5.20. The van der Waals surface area contributed by atoms with Crippen LogP contribution in [0.25, 0.3) is 28.2 Å². The summed E-state index contributed by atoms with van der Waals surface area (Å²) in [6.07, 6.45) is 5.27. The maximum atomic E-state index is 14.7. The van der Waals surface area contributed by atoms with Gasteiger partial charge in [-0.25, -0.2) is 9.07 Å². The number of hydrogen-bond donors (Lipinski definition) is 3. The molecule has 0 spiro atoms. The van der Waals surface area contributed by atoms with E-state index < -0.39 is 11.9 Å². The Morgan fingerprint density at radius 3 is 2.86 bits per heavy atom. The fraction of sp³-hybridized carbons (Fsp3) is 0.207. The molecule has 3 aromatic heterocycles. The highest BCUT2D eigenvalue weighted by Gasteiger charge is 2.23. The number of nitrogens with zero attached hydrogens (tertiary/aromatic N) is 6. The third-order valence-electron chi connectivity index (χ3n) is 7.21. The molecule has 4 heterocycles. The van der Waals surface area contributed by atoms with Crippen molar-refractivity contribution in [2.75, 3.05) is 5.32 Å². The number of halogens is 2. The number of carbonyl (C=O) groups is 2. The smallest absolute Gasteiger partial charge is 0.255 e. The summed E-state index contributed by atoms with van der Waals surface area (Å²) in [4.78, 5) is 30.9. The van der Waals surface area contributed by atoms with Gasteiger partial charge in [0.2, 0.25) is 11.7 Å². The van der Waals surface area contributed by atoms with Gasteiger partial charge in [0.15, 0.2) is 5.82 Å². The zero-order valence-corrected chi connectivity index (χ0v) is 23.2. The van der Waals surface area contributed by atoms with Crippen molar-refractivity contribution in [2.45, 2.75) is 38.6 Å². The Balaban J connectivity index is 1.34. The van der Waals surface area contributed by atoms with Gasteiger partial charge in [-0.3, -0.25) is 14.6 Å². The molecule has 11 nitrogen and oxygen atoms in total. The number of amides is 2. The van der Waals surface area contributed by atoms with Crippen LogP contribution in [0, 0.1) is 12.7 Å². The van der Waals surface area contributed by atoms with Crippen molar-refractivity contribution in [3.05, 3.63) is 88.7 Å². The molecule has 0 saturated heterocycles. The third kappa shape index (κ3) is 5.36. The van der Waals surface area contributed by atoms with Gasteiger partial charge in [-0.05, 0) is 73.0 Å². The molecule has 1 aliphatic rings. The lowest BCUT2D eigenvalue weighted by molar-refractivity contribution is -0.116. The molecule has 1 aliphatic heterocycles. The van der Waals surface area contributed by atoms with Crippen LogP contribution in [0.1, 0.15) is 53.5 Å². The highest BCUT2D eigenvalue weighted by molar-refractivity contribution is 6.30. The first-order chi connectivity index (χ1) is 20.4. The maximum absolute atomic E-state index is 14.7. The van der Waals surface area contributed by atoms with Crippen molar-refractivity contribution in [2.24, 2.45) is 0 Å². The average molecular weight is 586 g/mol. The van der Waals surface area contributed by atoms with Gasteiger partial charge in [0.1, 0.15) is 5.69 Å². The minimum absolute atomic E-state index is 0.0350. The molecule has 2 bridgehead atoms. The number of H-pyrrole nitrogens is 1. The number of hydrogen-bond acceptors (Lipinski definition) is 7. The van der Waals surface area contributed by atoms with Gasteiger partial charge in [0.25, 0.3) is 5.91 Å². The normalized spacial score (nSPS) is 15.2. The molecule has 0 aliphatic carbocycles. The van der Waals surface area contributed by atoms with Crippen LogP contribution in [0.15, 0.2) is 60.9 Å². The Kier molecular flexibility index (Phi) is 7.44. The van der Waals surface area contributed by atoms with E-state index in [4.69, 9.17) is 11.6 Å². The Morgan fingerprint density at radius 2 is 2.02 bits per heavy atom. The zero-order valence-electron chi connectivity index (χ0n) is 22.4. The summed E-state index contributed by atoms with van der Waals surface area (Å²) in [5.74, 6) is -0.675. The molecular weight excluding hydrogens is 561 g/mol. The first kappa shape index (κ1) is 27.2. The first-order valence-electron chi connectivity index (χ1n) is 13.3. The molecule has 42 heavy (non-hydrogen) atoms. The molecule has 5 aromatic rings. The Bertz CT molecular complexity index is 1790. The fourth-order valence-electron chi connectivity index (χ4n) is 5.03. The molecule has 212 valence electrons. The van der Waals surface area contributed by atoms with Crippen LogP contribution in [-0.2, 0) is 4.79 Å². The summed E-state index contributed by atoms with van der Waals surface area (Å²) in [5.41, 5.74) is 4.47. The minimum Gasteiger partial charge on any atom is -0.344 e. The lowest BCUT2D eigenvalue weighted by Gasteiger charge is -2.21. The fourth-order valence-corrected chi connectivity index (χ4v) is 5.20. The van der Waals surface area contributed by atoms with Gasteiger partial charge in [-0.2, -0.15) is 10.3 Å². The molecule has 6 rings (SSSR count). The van der Waals surface area contributed by atoms with Crippen LogP contribution in [0.3, 0.4) is 0 Å². The van der Waals surface area contributed by atoms with E-state index in [1.165, 1.54) is 16.9 Å². The monoisotopic (exact) mass is 585 g/mol. The number of fused-ring (bicyclic) bond motifs is 4. The molecule has 13 heteroatoms. The van der Waals surface area contributed by atoms with Crippen LogP contribution in [-0.4, -0.2) is 47.2 Å². The van der Waals surface area contributed by atoms with Crippen molar-refractivity contribution >= 4 is 29.1 Å². The minimum atomic E-state index is -0.621. The summed E-state index contributed by atoms with van der Waals surface area (Å²) >= 11 is 5.96. The molecule has 0 radical (unpaired) electrons. The first-order valence-corrected chi connectivity index (χ1v) is 13.7. The highest BCUT2D eigenvalue weighted by Crippen LogP contribution is 2.34. The van der Waals surface area contributed by atoms with Gasteiger partial charge in [-0.15, -0.1) is 10.2 Å². The van der Waals surface area contributed by atoms with Crippen molar-refractivity contribution in [3.63, 3.8) is 0 Å². The van der Waals surface area contributed by atoms with Crippen molar-refractivity contribution in [1.29, 1.82) is 0 Å². The van der Waals surface area contributed by atoms with Gasteiger partial charge in [0.05, 0.1) is 34.2 Å². The van der Waals surface area contributed by atoms with Crippen molar-refractivity contribution in [3.8, 4) is 28.2 Å². The number of anilines is 1. The van der Waals surface area contributed by atoms with E-state index in [0.717, 1.165) is 16.7 Å². The zero-order chi connectivity index (χ0) is 29.2. The summed E-state index contributed by atoms with van der Waals surface area (Å²) in [6.45, 7) is 1.69.